The molecule has 0 aliphatic carbocycles. The molecule has 0 spiro atoms. The number of aryl methyl sites for hydroxylation is 1. The molecule has 0 saturated carbocycles. The lowest BCUT2D eigenvalue weighted by Crippen LogP contribution is -2.26. The molecule has 0 saturated heterocycles. The van der Waals surface area contributed by atoms with Gasteiger partial charge in [-0.25, -0.2) is 4.98 Å². The molecule has 4 rings (SSSR count). The number of hydrogen-bond acceptors (Lipinski definition) is 6. The molecule has 0 radical (unpaired) electrons. The Balaban J connectivity index is 1.30. The summed E-state index contributed by atoms with van der Waals surface area (Å²) >= 11 is 0. The average molecular weight is 473 g/mol. The number of ether oxygens (including phenoxy) is 2. The van der Waals surface area contributed by atoms with Crippen LogP contribution in [0.15, 0.2) is 71.8 Å². The van der Waals surface area contributed by atoms with Crippen molar-refractivity contribution >= 4 is 16.8 Å². The Morgan fingerprint density at radius 2 is 1.89 bits per heavy atom. The molecule has 2 aromatic heterocycles. The number of aromatic nitrogens is 3. The molecule has 8 heteroatoms. The highest BCUT2D eigenvalue weighted by Crippen LogP contribution is 2.31. The first-order chi connectivity index (χ1) is 17.0. The minimum absolute atomic E-state index is 0.0717. The first-order valence-electron chi connectivity index (χ1n) is 11.5. The van der Waals surface area contributed by atoms with E-state index in [1.54, 1.807) is 25.6 Å². The number of methoxy groups -OCH3 is 1. The van der Waals surface area contributed by atoms with Crippen LogP contribution in [-0.4, -0.2) is 28.0 Å². The topological polar surface area (TPSA) is 106 Å². The van der Waals surface area contributed by atoms with Crippen molar-refractivity contribution in [2.75, 3.05) is 7.11 Å². The molecule has 0 aliphatic rings. The zero-order chi connectivity index (χ0) is 24.6. The van der Waals surface area contributed by atoms with Gasteiger partial charge in [0.1, 0.15) is 12.4 Å². The summed E-state index contributed by atoms with van der Waals surface area (Å²) in [5.74, 6) is 1.74. The monoisotopic (exact) mass is 472 g/mol. The van der Waals surface area contributed by atoms with Gasteiger partial charge in [0, 0.05) is 25.2 Å². The number of carbonyl (C=O) groups excluding carboxylic acids is 1. The second-order valence-corrected chi connectivity index (χ2v) is 8.23. The molecule has 0 fully saturated rings. The van der Waals surface area contributed by atoms with E-state index in [-0.39, 0.29) is 17.5 Å². The fourth-order valence-corrected chi connectivity index (χ4v) is 3.78. The van der Waals surface area contributed by atoms with Gasteiger partial charge < -0.3 is 19.8 Å². The normalized spacial score (nSPS) is 11.7. The van der Waals surface area contributed by atoms with E-state index in [9.17, 15) is 9.59 Å². The molecular weight excluding hydrogens is 444 g/mol. The van der Waals surface area contributed by atoms with Crippen LogP contribution in [-0.2, 0) is 17.8 Å². The number of benzene rings is 2. The van der Waals surface area contributed by atoms with Crippen LogP contribution in [0.3, 0.4) is 0 Å². The van der Waals surface area contributed by atoms with Crippen molar-refractivity contribution in [2.45, 2.75) is 38.8 Å². The Hall–Kier alpha value is -4.20. The van der Waals surface area contributed by atoms with Crippen molar-refractivity contribution in [1.29, 1.82) is 0 Å². The summed E-state index contributed by atoms with van der Waals surface area (Å²) in [4.78, 5) is 36.0. The number of fused-ring (bicyclic) bond motifs is 1. The number of H-pyrrole nitrogens is 1. The maximum Gasteiger partial charge on any atom is 0.258 e. The number of hydrogen-bond donors (Lipinski definition) is 2. The van der Waals surface area contributed by atoms with Crippen LogP contribution in [0.4, 0.5) is 0 Å². The third kappa shape index (κ3) is 6.23. The largest absolute Gasteiger partial charge is 0.493 e. The third-order valence-electron chi connectivity index (χ3n) is 5.69. The lowest BCUT2D eigenvalue weighted by molar-refractivity contribution is -0.121. The highest BCUT2D eigenvalue weighted by atomic mass is 16.5. The van der Waals surface area contributed by atoms with Gasteiger partial charge >= 0.3 is 0 Å². The SMILES string of the molecule is COc1cc(C(C)NC(=O)CCCc2nc3ccccc3c(=O)[nH]2)ccc1OCc1ccncc1. The van der Waals surface area contributed by atoms with Crippen molar-refractivity contribution in [1.82, 2.24) is 20.3 Å². The van der Waals surface area contributed by atoms with E-state index < -0.39 is 0 Å². The molecule has 1 unspecified atom stereocenters. The molecule has 35 heavy (non-hydrogen) atoms. The highest BCUT2D eigenvalue weighted by molar-refractivity contribution is 5.77. The van der Waals surface area contributed by atoms with E-state index in [2.05, 4.69) is 20.3 Å². The number of amides is 1. The third-order valence-corrected chi connectivity index (χ3v) is 5.69. The van der Waals surface area contributed by atoms with E-state index in [0.717, 1.165) is 11.1 Å². The molecule has 2 heterocycles. The molecule has 8 nitrogen and oxygen atoms in total. The van der Waals surface area contributed by atoms with Gasteiger partial charge in [0.25, 0.3) is 5.56 Å². The van der Waals surface area contributed by atoms with Crippen molar-refractivity contribution in [2.24, 2.45) is 0 Å². The number of aromatic amines is 1. The van der Waals surface area contributed by atoms with Gasteiger partial charge in [-0.3, -0.25) is 14.6 Å². The Kier molecular flexibility index (Phi) is 7.72. The van der Waals surface area contributed by atoms with Crippen molar-refractivity contribution in [3.63, 3.8) is 0 Å². The second-order valence-electron chi connectivity index (χ2n) is 8.23. The second kappa shape index (κ2) is 11.3. The van der Waals surface area contributed by atoms with Crippen LogP contribution in [0.2, 0.25) is 0 Å². The fourth-order valence-electron chi connectivity index (χ4n) is 3.78. The minimum Gasteiger partial charge on any atom is -0.493 e. The quantitative estimate of drug-likeness (QED) is 0.360. The predicted octanol–water partition coefficient (Wildman–Crippen LogP) is 4.11. The van der Waals surface area contributed by atoms with Gasteiger partial charge in [0.15, 0.2) is 11.5 Å². The van der Waals surface area contributed by atoms with Crippen LogP contribution >= 0.6 is 0 Å². The Morgan fingerprint density at radius 3 is 2.69 bits per heavy atom. The summed E-state index contributed by atoms with van der Waals surface area (Å²) < 4.78 is 11.4. The Bertz CT molecular complexity index is 1350. The smallest absolute Gasteiger partial charge is 0.258 e. The van der Waals surface area contributed by atoms with Gasteiger partial charge in [0.2, 0.25) is 5.91 Å². The van der Waals surface area contributed by atoms with E-state index in [1.807, 2.05) is 55.5 Å². The number of nitrogens with one attached hydrogen (secondary N) is 2. The first-order valence-corrected chi connectivity index (χ1v) is 11.5. The zero-order valence-electron chi connectivity index (χ0n) is 19.8. The van der Waals surface area contributed by atoms with Crippen LogP contribution in [0, 0.1) is 0 Å². The maximum absolute atomic E-state index is 12.5. The van der Waals surface area contributed by atoms with Crippen LogP contribution < -0.4 is 20.3 Å². The molecular formula is C27H28N4O4. The lowest BCUT2D eigenvalue weighted by atomic mass is 10.1. The van der Waals surface area contributed by atoms with Crippen LogP contribution in [0.1, 0.15) is 42.8 Å². The summed E-state index contributed by atoms with van der Waals surface area (Å²) in [5, 5.41) is 3.58. The summed E-state index contributed by atoms with van der Waals surface area (Å²) in [5.41, 5.74) is 2.42. The Morgan fingerprint density at radius 1 is 1.09 bits per heavy atom. The van der Waals surface area contributed by atoms with Gasteiger partial charge in [-0.05, 0) is 60.9 Å². The zero-order valence-corrected chi connectivity index (χ0v) is 19.8. The van der Waals surface area contributed by atoms with Crippen molar-refractivity contribution in [3.8, 4) is 11.5 Å². The Labute approximate surface area is 203 Å². The molecule has 1 atom stereocenters. The molecule has 0 bridgehead atoms. The minimum atomic E-state index is -0.204. The van der Waals surface area contributed by atoms with Gasteiger partial charge in [0.05, 0.1) is 24.1 Å². The standard InChI is InChI=1S/C27H28N4O4/c1-18(20-10-11-23(24(16-20)34-2)35-17-19-12-14-28-15-13-19)29-26(32)9-5-8-25-30-22-7-4-3-6-21(22)27(33)31-25/h3-4,6-7,10-16,18H,5,8-9,17H2,1-2H3,(H,29,32)(H,30,31,33). The number of pyridine rings is 1. The molecule has 2 N–H and O–H groups in total. The van der Waals surface area contributed by atoms with E-state index >= 15 is 0 Å². The highest BCUT2D eigenvalue weighted by Gasteiger charge is 2.14. The number of nitrogens with zero attached hydrogens (tertiary/aromatic N) is 2. The summed E-state index contributed by atoms with van der Waals surface area (Å²) in [6.45, 7) is 2.33. The van der Waals surface area contributed by atoms with Crippen LogP contribution in [0.25, 0.3) is 10.9 Å². The first kappa shape index (κ1) is 23.9. The number of para-hydroxylation sites is 1. The molecule has 0 aliphatic heterocycles. The van der Waals surface area contributed by atoms with Gasteiger partial charge in [-0.15, -0.1) is 0 Å². The maximum atomic E-state index is 12.5. The summed E-state index contributed by atoms with van der Waals surface area (Å²) in [6.07, 6.45) is 4.86. The average Bonchev–Trinajstić information content (AvgIpc) is 2.88. The van der Waals surface area contributed by atoms with Crippen molar-refractivity contribution in [3.05, 3.63) is 94.3 Å². The van der Waals surface area contributed by atoms with E-state index in [1.165, 1.54) is 0 Å². The molecule has 4 aromatic rings. The van der Waals surface area contributed by atoms with Gasteiger partial charge in [-0.2, -0.15) is 0 Å². The number of rotatable bonds is 10. The summed E-state index contributed by atoms with van der Waals surface area (Å²) in [6, 6.07) is 16.4. The molecule has 1 amide bonds. The predicted molar refractivity (Wildman–Crippen MR) is 133 cm³/mol. The lowest BCUT2D eigenvalue weighted by Gasteiger charge is -2.17. The molecule has 2 aromatic carbocycles. The van der Waals surface area contributed by atoms with E-state index in [4.69, 9.17) is 9.47 Å². The summed E-state index contributed by atoms with van der Waals surface area (Å²) in [7, 11) is 1.59. The van der Waals surface area contributed by atoms with Gasteiger partial charge in [-0.1, -0.05) is 18.2 Å². The van der Waals surface area contributed by atoms with Crippen LogP contribution in [0.5, 0.6) is 11.5 Å². The number of carbonyl (C=O) groups is 1. The van der Waals surface area contributed by atoms with E-state index in [0.29, 0.717) is 54.1 Å². The molecule has 180 valence electrons. The fraction of sp³-hybridized carbons (Fsp3) is 0.259. The van der Waals surface area contributed by atoms with Crippen molar-refractivity contribution < 1.29 is 14.3 Å².